The third-order valence-electron chi connectivity index (χ3n) is 14.6. The van der Waals surface area contributed by atoms with E-state index in [0.717, 1.165) is 104 Å². The molecule has 10 rings (SSSR count). The summed E-state index contributed by atoms with van der Waals surface area (Å²) in [6.45, 7) is 0. The Hall–Kier alpha value is -4.70. The average Bonchev–Trinajstić information content (AvgIpc) is 3.96. The van der Waals surface area contributed by atoms with Gasteiger partial charge in [0, 0.05) is 54.7 Å². The summed E-state index contributed by atoms with van der Waals surface area (Å²) >= 11 is 3.59. The Kier molecular flexibility index (Phi) is 13.6. The van der Waals surface area contributed by atoms with Crippen LogP contribution in [0.3, 0.4) is 0 Å². The zero-order valence-electron chi connectivity index (χ0n) is 38.0. The van der Waals surface area contributed by atoms with Crippen molar-refractivity contribution in [2.45, 2.75) is 100 Å². The van der Waals surface area contributed by atoms with Crippen molar-refractivity contribution in [1.29, 1.82) is 0 Å². The predicted molar refractivity (Wildman–Crippen MR) is 247 cm³/mol. The van der Waals surface area contributed by atoms with E-state index in [9.17, 15) is 26.3 Å². The molecule has 2 aliphatic heterocycles. The number of nitrogens with zero attached hydrogens (tertiary/aromatic N) is 4. The first-order valence-electron chi connectivity index (χ1n) is 22.3. The smallest absolute Gasteiger partial charge is 0.423 e. The SMILES string of the molecule is COC1CCC2(CC1)Cc1ccc(-c3cccc(C(F)(F)F)c3)cc1C21N=C(N)N(C)O1.COC1CCC2(CC1)Cc1ccc(Br)cc1C21N=C(N)N(C)O1.OB(O)c1cccc(C(F)(F)F)c1. The van der Waals surface area contributed by atoms with Gasteiger partial charge >= 0.3 is 19.5 Å². The summed E-state index contributed by atoms with van der Waals surface area (Å²) in [6.07, 6.45) is 1.13. The fourth-order valence-electron chi connectivity index (χ4n) is 11.0. The summed E-state index contributed by atoms with van der Waals surface area (Å²) in [5.41, 5.74) is 14.2. The van der Waals surface area contributed by atoms with E-state index in [4.69, 9.17) is 50.6 Å². The van der Waals surface area contributed by atoms with Crippen LogP contribution in [0.5, 0.6) is 0 Å². The molecule has 0 amide bonds. The van der Waals surface area contributed by atoms with Crippen molar-refractivity contribution in [2.75, 3.05) is 28.3 Å². The molecule has 0 saturated heterocycles. The molecule has 4 spiro atoms. The fourth-order valence-corrected chi connectivity index (χ4v) is 11.3. The summed E-state index contributed by atoms with van der Waals surface area (Å²) in [4.78, 5) is 22.4. The van der Waals surface area contributed by atoms with Crippen molar-refractivity contribution in [1.82, 2.24) is 10.1 Å². The number of ether oxygens (including phenoxy) is 2. The average molecular weight is 1020 g/mol. The number of hydrogen-bond acceptors (Lipinski definition) is 12. The largest absolute Gasteiger partial charge is 0.488 e. The van der Waals surface area contributed by atoms with Crippen molar-refractivity contribution in [3.05, 3.63) is 123 Å². The van der Waals surface area contributed by atoms with Gasteiger partial charge in [-0.2, -0.15) is 26.3 Å². The van der Waals surface area contributed by atoms with E-state index in [1.165, 1.54) is 28.8 Å². The van der Waals surface area contributed by atoms with Gasteiger partial charge in [0.1, 0.15) is 0 Å². The first-order chi connectivity index (χ1) is 32.1. The van der Waals surface area contributed by atoms with E-state index in [1.54, 1.807) is 32.4 Å². The molecule has 4 aliphatic carbocycles. The normalized spacial score (nSPS) is 28.2. The lowest BCUT2D eigenvalue weighted by molar-refractivity contribution is -0.232. The number of hydrogen-bond donors (Lipinski definition) is 4. The predicted octanol–water partition coefficient (Wildman–Crippen LogP) is 8.16. The third-order valence-corrected chi connectivity index (χ3v) is 15.1. The standard InChI is InChI=1S/C24H26F3N3O2.C17H22BrN3O2.C7H6BF3O2/c1-30-21(28)29-23(32-30)20-13-16(15-4-3-5-18(12-15)24(25,26)27)6-7-17(20)14-22(23)10-8-19(31-2)9-11-22;1-21-15(19)20-17(23-21)14-9-12(18)4-3-11(14)10-16(17)7-5-13(22-2)6-8-16;9-7(10,11)5-2-1-3-6(4-5)8(12)13/h3-7,12-13,19H,8-11,14H2,1-2H3,(H2,28,29);3-4,9,13H,5-8,10H2,1-2H3,(H2,19,20);1-4,12-13H. The van der Waals surface area contributed by atoms with Crippen LogP contribution in [0, 0.1) is 10.8 Å². The minimum Gasteiger partial charge on any atom is -0.423 e. The summed E-state index contributed by atoms with van der Waals surface area (Å²) in [5.74, 6) is 0.752. The van der Waals surface area contributed by atoms with Gasteiger partial charge in [-0.3, -0.25) is 0 Å². The lowest BCUT2D eigenvalue weighted by Gasteiger charge is -2.45. The fraction of sp³-hybridized carbons (Fsp3) is 0.458. The van der Waals surface area contributed by atoms with Crippen molar-refractivity contribution < 1.29 is 55.5 Å². The second-order valence-electron chi connectivity index (χ2n) is 18.4. The molecule has 2 heterocycles. The maximum absolute atomic E-state index is 13.3. The van der Waals surface area contributed by atoms with Gasteiger partial charge in [0.25, 0.3) is 0 Å². The molecule has 2 unspecified atom stereocenters. The van der Waals surface area contributed by atoms with E-state index < -0.39 is 42.0 Å². The molecule has 2 atom stereocenters. The lowest BCUT2D eigenvalue weighted by Crippen LogP contribution is -2.46. The quantitative estimate of drug-likeness (QED) is 0.116. The Morgan fingerprint density at radius 2 is 1.09 bits per heavy atom. The number of aliphatic imine (C=N–C) groups is 2. The van der Waals surface area contributed by atoms with Gasteiger partial charge in [-0.15, -0.1) is 0 Å². The zero-order chi connectivity index (χ0) is 49.0. The van der Waals surface area contributed by atoms with Crippen LogP contribution in [0.2, 0.25) is 0 Å². The van der Waals surface area contributed by atoms with Crippen LogP contribution < -0.4 is 16.9 Å². The molecule has 2 fully saturated rings. The molecule has 364 valence electrons. The number of fused-ring (bicyclic) bond motifs is 6. The molecule has 6 aliphatic rings. The van der Waals surface area contributed by atoms with Gasteiger partial charge in [0.2, 0.25) is 23.4 Å². The summed E-state index contributed by atoms with van der Waals surface area (Å²) in [7, 11) is 5.23. The minimum absolute atomic E-state index is 0.0411. The molecular weight excluding hydrogens is 961 g/mol. The van der Waals surface area contributed by atoms with Crippen molar-refractivity contribution in [3.63, 3.8) is 0 Å². The van der Waals surface area contributed by atoms with Gasteiger partial charge < -0.3 is 31.0 Å². The van der Waals surface area contributed by atoms with Gasteiger partial charge in [0.15, 0.2) is 0 Å². The molecule has 68 heavy (non-hydrogen) atoms. The number of hydroxylamine groups is 4. The van der Waals surface area contributed by atoms with Gasteiger partial charge in [-0.05, 0) is 122 Å². The van der Waals surface area contributed by atoms with Crippen molar-refractivity contribution in [3.8, 4) is 11.1 Å². The molecule has 4 aromatic carbocycles. The number of halogens is 7. The zero-order valence-corrected chi connectivity index (χ0v) is 39.6. The Morgan fingerprint density at radius 1 is 0.647 bits per heavy atom. The second-order valence-corrected chi connectivity index (χ2v) is 19.4. The highest BCUT2D eigenvalue weighted by molar-refractivity contribution is 9.10. The number of guanidine groups is 2. The molecule has 0 radical (unpaired) electrons. The van der Waals surface area contributed by atoms with E-state index in [-0.39, 0.29) is 22.4 Å². The number of rotatable bonds is 4. The molecule has 2 saturated carbocycles. The van der Waals surface area contributed by atoms with Crippen molar-refractivity contribution >= 4 is 40.4 Å². The van der Waals surface area contributed by atoms with Gasteiger partial charge in [-0.25, -0.2) is 29.8 Å². The van der Waals surface area contributed by atoms with E-state index in [1.807, 2.05) is 25.2 Å². The lowest BCUT2D eigenvalue weighted by atomic mass is 9.66. The topological polar surface area (TPSA) is 161 Å². The second kappa shape index (κ2) is 18.6. The van der Waals surface area contributed by atoms with Crippen molar-refractivity contribution in [2.24, 2.45) is 32.3 Å². The van der Waals surface area contributed by atoms with Crippen LogP contribution >= 0.6 is 15.9 Å². The third kappa shape index (κ3) is 9.01. The molecule has 0 bridgehead atoms. The Balaban J connectivity index is 0.000000151. The Labute approximate surface area is 399 Å². The van der Waals surface area contributed by atoms with E-state index in [2.05, 4.69) is 34.1 Å². The van der Waals surface area contributed by atoms with Crippen LogP contribution in [0.25, 0.3) is 11.1 Å². The highest BCUT2D eigenvalue weighted by atomic mass is 79.9. The number of benzene rings is 4. The molecule has 6 N–H and O–H groups in total. The highest BCUT2D eigenvalue weighted by Gasteiger charge is 2.65. The van der Waals surface area contributed by atoms with E-state index >= 15 is 0 Å². The number of methoxy groups -OCH3 is 2. The first-order valence-corrected chi connectivity index (χ1v) is 23.1. The minimum atomic E-state index is -4.45. The molecule has 4 aromatic rings. The monoisotopic (exact) mass is 1010 g/mol. The molecule has 12 nitrogen and oxygen atoms in total. The number of nitrogens with two attached hydrogens (primary N) is 2. The van der Waals surface area contributed by atoms with Crippen LogP contribution in [-0.4, -0.2) is 79.7 Å². The Bertz CT molecular complexity index is 2570. The van der Waals surface area contributed by atoms with Crippen LogP contribution in [0.4, 0.5) is 26.3 Å². The summed E-state index contributed by atoms with van der Waals surface area (Å²) in [5, 5.41) is 20.3. The van der Waals surface area contributed by atoms with Gasteiger partial charge in [-0.1, -0.05) is 70.5 Å². The van der Waals surface area contributed by atoms with Crippen LogP contribution in [0.1, 0.15) is 84.7 Å². The summed E-state index contributed by atoms with van der Waals surface area (Å²) in [6, 6.07) is 21.5. The first kappa shape index (κ1) is 49.7. The maximum atomic E-state index is 13.3. The summed E-state index contributed by atoms with van der Waals surface area (Å²) < 4.78 is 88.2. The molecule has 20 heteroatoms. The molecular formula is C48H54BBrF6N6O6. The van der Waals surface area contributed by atoms with Crippen LogP contribution in [-0.2, 0) is 55.8 Å². The van der Waals surface area contributed by atoms with Crippen LogP contribution in [0.15, 0.2) is 99.4 Å². The van der Waals surface area contributed by atoms with Gasteiger partial charge in [0.05, 0.1) is 23.3 Å². The molecule has 0 aromatic heterocycles. The Morgan fingerprint density at radius 3 is 1.53 bits per heavy atom. The van der Waals surface area contributed by atoms with E-state index in [0.29, 0.717) is 35.2 Å². The maximum Gasteiger partial charge on any atom is 0.488 e. The number of alkyl halides is 6. The highest BCUT2D eigenvalue weighted by Crippen LogP contribution is 2.63.